The van der Waals surface area contributed by atoms with Crippen LogP contribution in [0.1, 0.15) is 30.1 Å². The van der Waals surface area contributed by atoms with Gasteiger partial charge in [-0.1, -0.05) is 13.3 Å². The third kappa shape index (κ3) is 3.70. The third-order valence-electron chi connectivity index (χ3n) is 2.76. The summed E-state index contributed by atoms with van der Waals surface area (Å²) in [6.07, 6.45) is 5.19. The van der Waals surface area contributed by atoms with Crippen LogP contribution in [-0.2, 0) is 0 Å². The molecule has 0 saturated heterocycles. The zero-order valence-electron chi connectivity index (χ0n) is 11.0. The molecule has 0 unspecified atom stereocenters. The standard InChI is InChI=1S/C13H21N3O2/c1-3-4-7-16(8-9-17)13(18)11-5-6-15-10-12(11)14-2/h5-6,10,14,17H,3-4,7-9H2,1-2H3. The molecule has 1 aromatic rings. The molecule has 0 spiro atoms. The van der Waals surface area contributed by atoms with Crippen LogP contribution in [0.4, 0.5) is 5.69 Å². The van der Waals surface area contributed by atoms with E-state index >= 15 is 0 Å². The summed E-state index contributed by atoms with van der Waals surface area (Å²) < 4.78 is 0. The first-order valence-electron chi connectivity index (χ1n) is 6.26. The van der Waals surface area contributed by atoms with Crippen LogP contribution in [0.3, 0.4) is 0 Å². The molecule has 0 aliphatic rings. The Bertz CT molecular complexity index is 382. The fourth-order valence-corrected chi connectivity index (χ4v) is 1.74. The maximum atomic E-state index is 12.4. The Kier molecular flexibility index (Phi) is 6.14. The van der Waals surface area contributed by atoms with Crippen molar-refractivity contribution in [3.8, 4) is 0 Å². The van der Waals surface area contributed by atoms with Gasteiger partial charge in [-0.2, -0.15) is 0 Å². The van der Waals surface area contributed by atoms with Crippen molar-refractivity contribution in [2.45, 2.75) is 19.8 Å². The first-order chi connectivity index (χ1) is 8.74. The average molecular weight is 251 g/mol. The number of aromatic nitrogens is 1. The molecule has 0 aliphatic carbocycles. The van der Waals surface area contributed by atoms with Gasteiger partial charge in [0.2, 0.25) is 0 Å². The summed E-state index contributed by atoms with van der Waals surface area (Å²) in [6.45, 7) is 3.09. The van der Waals surface area contributed by atoms with E-state index in [1.54, 1.807) is 30.4 Å². The van der Waals surface area contributed by atoms with Gasteiger partial charge in [0, 0.05) is 26.3 Å². The topological polar surface area (TPSA) is 65.5 Å². The maximum Gasteiger partial charge on any atom is 0.256 e. The SMILES string of the molecule is CCCCN(CCO)C(=O)c1ccncc1NC. The lowest BCUT2D eigenvalue weighted by atomic mass is 10.2. The molecule has 18 heavy (non-hydrogen) atoms. The minimum Gasteiger partial charge on any atom is -0.395 e. The van der Waals surface area contributed by atoms with Crippen molar-refractivity contribution < 1.29 is 9.90 Å². The number of carbonyl (C=O) groups is 1. The fourth-order valence-electron chi connectivity index (χ4n) is 1.74. The van der Waals surface area contributed by atoms with Crippen molar-refractivity contribution in [2.24, 2.45) is 0 Å². The number of aliphatic hydroxyl groups is 1. The Hall–Kier alpha value is -1.62. The van der Waals surface area contributed by atoms with Crippen LogP contribution < -0.4 is 5.32 Å². The molecule has 0 atom stereocenters. The second-order valence-corrected chi connectivity index (χ2v) is 4.04. The number of hydrogen-bond donors (Lipinski definition) is 2. The number of rotatable bonds is 7. The summed E-state index contributed by atoms with van der Waals surface area (Å²) in [6, 6.07) is 1.70. The van der Waals surface area contributed by atoms with Crippen molar-refractivity contribution in [3.05, 3.63) is 24.0 Å². The third-order valence-corrected chi connectivity index (χ3v) is 2.76. The molecule has 1 amide bonds. The number of unbranched alkanes of at least 4 members (excludes halogenated alkanes) is 1. The van der Waals surface area contributed by atoms with E-state index in [0.717, 1.165) is 12.8 Å². The molecule has 0 bridgehead atoms. The number of pyridine rings is 1. The number of hydrogen-bond acceptors (Lipinski definition) is 4. The van der Waals surface area contributed by atoms with Gasteiger partial charge < -0.3 is 15.3 Å². The molecular weight excluding hydrogens is 230 g/mol. The second kappa shape index (κ2) is 7.66. The highest BCUT2D eigenvalue weighted by atomic mass is 16.3. The van der Waals surface area contributed by atoms with E-state index in [2.05, 4.69) is 17.2 Å². The number of nitrogens with one attached hydrogen (secondary N) is 1. The molecule has 1 rings (SSSR count). The van der Waals surface area contributed by atoms with Crippen LogP contribution in [-0.4, -0.2) is 47.6 Å². The maximum absolute atomic E-state index is 12.4. The Morgan fingerprint density at radius 2 is 2.28 bits per heavy atom. The quantitative estimate of drug-likeness (QED) is 0.768. The summed E-state index contributed by atoms with van der Waals surface area (Å²) in [7, 11) is 1.76. The van der Waals surface area contributed by atoms with E-state index in [9.17, 15) is 4.79 Å². The first-order valence-corrected chi connectivity index (χ1v) is 6.26. The molecule has 0 aliphatic heterocycles. The lowest BCUT2D eigenvalue weighted by Gasteiger charge is -2.22. The Labute approximate surface area is 108 Å². The van der Waals surface area contributed by atoms with Crippen LogP contribution in [0.5, 0.6) is 0 Å². The Balaban J connectivity index is 2.86. The summed E-state index contributed by atoms with van der Waals surface area (Å²) >= 11 is 0. The van der Waals surface area contributed by atoms with Crippen molar-refractivity contribution in [2.75, 3.05) is 32.1 Å². The summed E-state index contributed by atoms with van der Waals surface area (Å²) in [5, 5.41) is 12.0. The molecule has 0 saturated carbocycles. The lowest BCUT2D eigenvalue weighted by Crippen LogP contribution is -2.34. The first kappa shape index (κ1) is 14.4. The highest BCUT2D eigenvalue weighted by Gasteiger charge is 2.17. The molecule has 1 aromatic heterocycles. The van der Waals surface area contributed by atoms with Crippen LogP contribution >= 0.6 is 0 Å². The van der Waals surface area contributed by atoms with Gasteiger partial charge in [-0.15, -0.1) is 0 Å². The van der Waals surface area contributed by atoms with Gasteiger partial charge in [0.05, 0.1) is 24.1 Å². The summed E-state index contributed by atoms with van der Waals surface area (Å²) in [4.78, 5) is 18.0. The fraction of sp³-hybridized carbons (Fsp3) is 0.538. The molecule has 0 radical (unpaired) electrons. The molecule has 2 N–H and O–H groups in total. The molecule has 5 nitrogen and oxygen atoms in total. The predicted molar refractivity (Wildman–Crippen MR) is 71.7 cm³/mol. The van der Waals surface area contributed by atoms with Crippen LogP contribution in [0.25, 0.3) is 0 Å². The zero-order valence-corrected chi connectivity index (χ0v) is 11.0. The minimum atomic E-state index is -0.0655. The van der Waals surface area contributed by atoms with E-state index in [4.69, 9.17) is 5.11 Å². The predicted octanol–water partition coefficient (Wildman–Crippen LogP) is 1.36. The molecule has 100 valence electrons. The monoisotopic (exact) mass is 251 g/mol. The number of aliphatic hydroxyl groups excluding tert-OH is 1. The number of amides is 1. The smallest absolute Gasteiger partial charge is 0.256 e. The minimum absolute atomic E-state index is 0.0184. The second-order valence-electron chi connectivity index (χ2n) is 4.04. The molecule has 1 heterocycles. The van der Waals surface area contributed by atoms with Gasteiger partial charge in [-0.25, -0.2) is 0 Å². The van der Waals surface area contributed by atoms with Gasteiger partial charge in [0.15, 0.2) is 0 Å². The van der Waals surface area contributed by atoms with Crippen molar-refractivity contribution in [3.63, 3.8) is 0 Å². The van der Waals surface area contributed by atoms with E-state index in [1.165, 1.54) is 0 Å². The van der Waals surface area contributed by atoms with Gasteiger partial charge in [-0.05, 0) is 12.5 Å². The molecule has 5 heteroatoms. The van der Waals surface area contributed by atoms with Crippen LogP contribution in [0, 0.1) is 0 Å². The molecule has 0 fully saturated rings. The number of carbonyl (C=O) groups excluding carboxylic acids is 1. The normalized spacial score (nSPS) is 10.2. The summed E-state index contributed by atoms with van der Waals surface area (Å²) in [5.74, 6) is -0.0655. The van der Waals surface area contributed by atoms with E-state index in [1.807, 2.05) is 0 Å². The van der Waals surface area contributed by atoms with E-state index < -0.39 is 0 Å². The molecule has 0 aromatic carbocycles. The van der Waals surface area contributed by atoms with Crippen LogP contribution in [0.2, 0.25) is 0 Å². The number of anilines is 1. The van der Waals surface area contributed by atoms with Gasteiger partial charge in [0.25, 0.3) is 5.91 Å². The van der Waals surface area contributed by atoms with Crippen molar-refractivity contribution in [1.29, 1.82) is 0 Å². The molecular formula is C13H21N3O2. The van der Waals surface area contributed by atoms with Gasteiger partial charge in [-0.3, -0.25) is 9.78 Å². The number of nitrogens with zero attached hydrogens (tertiary/aromatic N) is 2. The van der Waals surface area contributed by atoms with E-state index in [-0.39, 0.29) is 12.5 Å². The van der Waals surface area contributed by atoms with Crippen molar-refractivity contribution >= 4 is 11.6 Å². The Morgan fingerprint density at radius 3 is 2.89 bits per heavy atom. The van der Waals surface area contributed by atoms with Crippen LogP contribution in [0.15, 0.2) is 18.5 Å². The Morgan fingerprint density at radius 1 is 1.50 bits per heavy atom. The largest absolute Gasteiger partial charge is 0.395 e. The van der Waals surface area contributed by atoms with Gasteiger partial charge in [0.1, 0.15) is 0 Å². The van der Waals surface area contributed by atoms with Gasteiger partial charge >= 0.3 is 0 Å². The highest BCUT2D eigenvalue weighted by molar-refractivity contribution is 5.99. The lowest BCUT2D eigenvalue weighted by molar-refractivity contribution is 0.0720. The highest BCUT2D eigenvalue weighted by Crippen LogP contribution is 2.15. The summed E-state index contributed by atoms with van der Waals surface area (Å²) in [5.41, 5.74) is 1.30. The van der Waals surface area contributed by atoms with E-state index in [0.29, 0.717) is 24.3 Å². The average Bonchev–Trinajstić information content (AvgIpc) is 2.42. The zero-order chi connectivity index (χ0) is 13.4. The van der Waals surface area contributed by atoms with Crippen molar-refractivity contribution in [1.82, 2.24) is 9.88 Å².